The van der Waals surface area contributed by atoms with Crippen molar-refractivity contribution < 1.29 is 9.47 Å². The number of aryl methyl sites for hydroxylation is 2. The second kappa shape index (κ2) is 8.95. The van der Waals surface area contributed by atoms with Gasteiger partial charge in [-0.3, -0.25) is 4.98 Å². The fourth-order valence-corrected chi connectivity index (χ4v) is 3.81. The molecule has 4 heterocycles. The van der Waals surface area contributed by atoms with E-state index in [1.165, 1.54) is 6.33 Å². The summed E-state index contributed by atoms with van der Waals surface area (Å²) in [5.74, 6) is 3.46. The van der Waals surface area contributed by atoms with Crippen molar-refractivity contribution in [1.82, 2.24) is 29.5 Å². The molecule has 0 aliphatic carbocycles. The number of nitrogens with one attached hydrogen (secondary N) is 1. The van der Waals surface area contributed by atoms with Crippen LogP contribution in [0.25, 0.3) is 16.6 Å². The van der Waals surface area contributed by atoms with Crippen molar-refractivity contribution in [2.45, 2.75) is 13.8 Å². The standard InChI is InChI=1S/C27H21N7O2/c1-17-11-19(4-8-25(17)36-21-9-10-34-26(13-21)30-16-32-34)33-27-23-12-20(6-7-24(23)29-15-31-27)35-22-5-3-18(2)28-14-22/h3-16H,1-2H3,(H,29,31,33). The molecule has 1 N–H and O–H groups in total. The second-order valence-corrected chi connectivity index (χ2v) is 8.27. The van der Waals surface area contributed by atoms with E-state index in [9.17, 15) is 0 Å². The largest absolute Gasteiger partial charge is 0.457 e. The monoisotopic (exact) mass is 475 g/mol. The summed E-state index contributed by atoms with van der Waals surface area (Å²) in [7, 11) is 0. The first-order valence-electron chi connectivity index (χ1n) is 11.3. The van der Waals surface area contributed by atoms with Crippen molar-refractivity contribution >= 4 is 28.1 Å². The SMILES string of the molecule is Cc1ccc(Oc2ccc3ncnc(Nc4ccc(Oc5ccn6ncnc6c5)c(C)c4)c3c2)cn1. The number of hydrogen-bond donors (Lipinski definition) is 1. The van der Waals surface area contributed by atoms with Gasteiger partial charge in [0.05, 0.1) is 11.7 Å². The highest BCUT2D eigenvalue weighted by Crippen LogP contribution is 2.32. The van der Waals surface area contributed by atoms with E-state index in [2.05, 4.69) is 30.4 Å². The molecule has 0 saturated heterocycles. The summed E-state index contributed by atoms with van der Waals surface area (Å²) in [6, 6.07) is 19.1. The molecule has 9 heteroatoms. The molecule has 4 aromatic heterocycles. The topological polar surface area (TPSA) is 99.4 Å². The smallest absolute Gasteiger partial charge is 0.158 e. The van der Waals surface area contributed by atoms with Gasteiger partial charge in [-0.1, -0.05) is 0 Å². The maximum Gasteiger partial charge on any atom is 0.158 e. The van der Waals surface area contributed by atoms with E-state index in [0.29, 0.717) is 23.1 Å². The third kappa shape index (κ3) is 4.37. The Balaban J connectivity index is 1.24. The molecule has 6 aromatic rings. The average molecular weight is 476 g/mol. The van der Waals surface area contributed by atoms with Crippen LogP contribution in [0.2, 0.25) is 0 Å². The molecule has 0 radical (unpaired) electrons. The van der Waals surface area contributed by atoms with Crippen LogP contribution in [-0.2, 0) is 0 Å². The molecule has 0 aliphatic rings. The zero-order chi connectivity index (χ0) is 24.5. The number of pyridine rings is 2. The molecule has 0 bridgehead atoms. The maximum atomic E-state index is 6.09. The first kappa shape index (κ1) is 21.5. The Morgan fingerprint density at radius 3 is 2.50 bits per heavy atom. The van der Waals surface area contributed by atoms with Crippen LogP contribution in [0, 0.1) is 13.8 Å². The summed E-state index contributed by atoms with van der Waals surface area (Å²) in [4.78, 5) is 17.3. The van der Waals surface area contributed by atoms with E-state index in [0.717, 1.165) is 39.2 Å². The van der Waals surface area contributed by atoms with E-state index in [1.807, 2.05) is 80.7 Å². The van der Waals surface area contributed by atoms with E-state index in [4.69, 9.17) is 9.47 Å². The number of anilines is 2. The van der Waals surface area contributed by atoms with Crippen LogP contribution in [-0.4, -0.2) is 29.5 Å². The molecule has 36 heavy (non-hydrogen) atoms. The van der Waals surface area contributed by atoms with Gasteiger partial charge in [0.1, 0.15) is 41.5 Å². The first-order chi connectivity index (χ1) is 17.6. The van der Waals surface area contributed by atoms with Gasteiger partial charge in [0, 0.05) is 29.0 Å². The Hall–Kier alpha value is -5.05. The van der Waals surface area contributed by atoms with E-state index in [1.54, 1.807) is 17.0 Å². The third-order valence-corrected chi connectivity index (χ3v) is 5.64. The molecule has 6 rings (SSSR count). The minimum Gasteiger partial charge on any atom is -0.457 e. The Morgan fingerprint density at radius 1 is 0.750 bits per heavy atom. The molecule has 0 aliphatic heterocycles. The van der Waals surface area contributed by atoms with E-state index >= 15 is 0 Å². The maximum absolute atomic E-state index is 6.09. The van der Waals surface area contributed by atoms with Crippen molar-refractivity contribution in [1.29, 1.82) is 0 Å². The van der Waals surface area contributed by atoms with E-state index < -0.39 is 0 Å². The molecule has 0 amide bonds. The Bertz CT molecular complexity index is 1700. The molecule has 9 nitrogen and oxygen atoms in total. The number of ether oxygens (including phenoxy) is 2. The molecular weight excluding hydrogens is 454 g/mol. The lowest BCUT2D eigenvalue weighted by Crippen LogP contribution is -1.98. The van der Waals surface area contributed by atoms with Crippen LogP contribution >= 0.6 is 0 Å². The molecule has 0 atom stereocenters. The number of rotatable bonds is 6. The summed E-state index contributed by atoms with van der Waals surface area (Å²) < 4.78 is 13.8. The molecule has 0 saturated carbocycles. The van der Waals surface area contributed by atoms with Gasteiger partial charge < -0.3 is 14.8 Å². The van der Waals surface area contributed by atoms with Crippen LogP contribution in [0.15, 0.2) is 85.7 Å². The summed E-state index contributed by atoms with van der Waals surface area (Å²) >= 11 is 0. The lowest BCUT2D eigenvalue weighted by Gasteiger charge is -2.13. The highest BCUT2D eigenvalue weighted by Gasteiger charge is 2.09. The molecule has 0 fully saturated rings. The first-order valence-corrected chi connectivity index (χ1v) is 11.3. The summed E-state index contributed by atoms with van der Waals surface area (Å²) in [6.07, 6.45) is 6.57. The molecule has 0 unspecified atom stereocenters. The summed E-state index contributed by atoms with van der Waals surface area (Å²) in [6.45, 7) is 3.93. The van der Waals surface area contributed by atoms with Crippen LogP contribution in [0.1, 0.15) is 11.3 Å². The van der Waals surface area contributed by atoms with Crippen LogP contribution in [0.4, 0.5) is 11.5 Å². The van der Waals surface area contributed by atoms with Gasteiger partial charge in [0.2, 0.25) is 0 Å². The molecule has 2 aromatic carbocycles. The van der Waals surface area contributed by atoms with Gasteiger partial charge in [-0.2, -0.15) is 5.10 Å². The fourth-order valence-electron chi connectivity index (χ4n) is 3.81. The minimum absolute atomic E-state index is 0.667. The van der Waals surface area contributed by atoms with Crippen molar-refractivity contribution in [2.24, 2.45) is 0 Å². The minimum atomic E-state index is 0.667. The van der Waals surface area contributed by atoms with Crippen molar-refractivity contribution in [3.8, 4) is 23.0 Å². The Labute approximate surface area is 206 Å². The fraction of sp³-hybridized carbons (Fsp3) is 0.0741. The number of fused-ring (bicyclic) bond motifs is 2. The molecule has 176 valence electrons. The normalized spacial score (nSPS) is 11.1. The lowest BCUT2D eigenvalue weighted by atomic mass is 10.2. The van der Waals surface area contributed by atoms with Crippen LogP contribution in [0.3, 0.4) is 0 Å². The van der Waals surface area contributed by atoms with Gasteiger partial charge in [0.25, 0.3) is 0 Å². The van der Waals surface area contributed by atoms with E-state index in [-0.39, 0.29) is 0 Å². The van der Waals surface area contributed by atoms with Gasteiger partial charge in [-0.15, -0.1) is 0 Å². The van der Waals surface area contributed by atoms with Crippen LogP contribution < -0.4 is 14.8 Å². The highest BCUT2D eigenvalue weighted by atomic mass is 16.5. The summed E-state index contributed by atoms with van der Waals surface area (Å²) in [5, 5.41) is 8.35. The number of nitrogens with zero attached hydrogens (tertiary/aromatic N) is 6. The number of benzene rings is 2. The third-order valence-electron chi connectivity index (χ3n) is 5.64. The predicted molar refractivity (Wildman–Crippen MR) is 136 cm³/mol. The van der Waals surface area contributed by atoms with Crippen molar-refractivity contribution in [2.75, 3.05) is 5.32 Å². The average Bonchev–Trinajstić information content (AvgIpc) is 3.35. The lowest BCUT2D eigenvalue weighted by molar-refractivity contribution is 0.478. The van der Waals surface area contributed by atoms with Crippen molar-refractivity contribution in [3.63, 3.8) is 0 Å². The highest BCUT2D eigenvalue weighted by molar-refractivity contribution is 5.91. The van der Waals surface area contributed by atoms with Gasteiger partial charge in [-0.25, -0.2) is 19.5 Å². The van der Waals surface area contributed by atoms with Gasteiger partial charge in [-0.05, 0) is 74.0 Å². The van der Waals surface area contributed by atoms with Crippen LogP contribution in [0.5, 0.6) is 23.0 Å². The second-order valence-electron chi connectivity index (χ2n) is 8.27. The zero-order valence-electron chi connectivity index (χ0n) is 19.6. The number of aromatic nitrogens is 6. The Kier molecular flexibility index (Phi) is 5.34. The molecular formula is C27H21N7O2. The summed E-state index contributed by atoms with van der Waals surface area (Å²) in [5.41, 5.74) is 4.31. The van der Waals surface area contributed by atoms with Gasteiger partial charge >= 0.3 is 0 Å². The van der Waals surface area contributed by atoms with Gasteiger partial charge in [0.15, 0.2) is 5.65 Å². The zero-order valence-corrected chi connectivity index (χ0v) is 19.6. The Morgan fingerprint density at radius 2 is 1.64 bits per heavy atom. The van der Waals surface area contributed by atoms with Crippen molar-refractivity contribution in [3.05, 3.63) is 97.0 Å². The predicted octanol–water partition coefficient (Wildman–Crippen LogP) is 6.01. The molecule has 0 spiro atoms. The quantitative estimate of drug-likeness (QED) is 0.313. The number of hydrogen-bond acceptors (Lipinski definition) is 8.